The van der Waals surface area contributed by atoms with E-state index in [9.17, 15) is 4.79 Å². The molecule has 1 amide bonds. The van der Waals surface area contributed by atoms with Crippen LogP contribution in [0.15, 0.2) is 30.3 Å². The Morgan fingerprint density at radius 2 is 2.00 bits per heavy atom. The maximum Gasteiger partial charge on any atom is 0.252 e. The number of hydrogen-bond acceptors (Lipinski definition) is 3. The van der Waals surface area contributed by atoms with E-state index in [4.69, 9.17) is 0 Å². The van der Waals surface area contributed by atoms with E-state index in [1.54, 1.807) is 0 Å². The van der Waals surface area contributed by atoms with Crippen molar-refractivity contribution in [1.29, 1.82) is 0 Å². The second kappa shape index (κ2) is 9.37. The lowest BCUT2D eigenvalue weighted by atomic mass is 9.94. The largest absolute Gasteiger partial charge is 0.349 e. The van der Waals surface area contributed by atoms with Gasteiger partial charge in [0.05, 0.1) is 11.1 Å². The van der Waals surface area contributed by atoms with Gasteiger partial charge in [0, 0.05) is 17.1 Å². The van der Waals surface area contributed by atoms with Crippen LogP contribution in [-0.2, 0) is 0 Å². The summed E-state index contributed by atoms with van der Waals surface area (Å²) in [6.07, 6.45) is 0.979. The molecule has 1 aliphatic heterocycles. The van der Waals surface area contributed by atoms with Crippen LogP contribution in [0.3, 0.4) is 0 Å². The van der Waals surface area contributed by atoms with Gasteiger partial charge in [-0.1, -0.05) is 39.0 Å². The first-order valence-corrected chi connectivity index (χ1v) is 8.47. The number of hydrogen-bond donors (Lipinski definition) is 2. The third-order valence-corrected chi connectivity index (χ3v) is 4.67. The molecular formula is C19H27Cl2N3O. The fraction of sp³-hybridized carbons (Fsp3) is 0.474. The zero-order valence-corrected chi connectivity index (χ0v) is 16.5. The van der Waals surface area contributed by atoms with Crippen LogP contribution in [0.2, 0.25) is 0 Å². The maximum atomic E-state index is 12.9. The number of fused-ring (bicyclic) bond motifs is 1. The summed E-state index contributed by atoms with van der Waals surface area (Å²) in [7, 11) is 0. The molecule has 0 spiro atoms. The highest BCUT2D eigenvalue weighted by Gasteiger charge is 2.24. The van der Waals surface area contributed by atoms with Crippen LogP contribution in [0.1, 0.15) is 49.2 Å². The number of aromatic nitrogens is 1. The van der Waals surface area contributed by atoms with Gasteiger partial charge in [-0.3, -0.25) is 9.78 Å². The lowest BCUT2D eigenvalue weighted by Crippen LogP contribution is -2.48. The van der Waals surface area contributed by atoms with Crippen molar-refractivity contribution < 1.29 is 4.79 Å². The number of nitrogens with one attached hydrogen (secondary N) is 2. The highest BCUT2D eigenvalue weighted by molar-refractivity contribution is 6.06. The molecular weight excluding hydrogens is 357 g/mol. The minimum Gasteiger partial charge on any atom is -0.349 e. The van der Waals surface area contributed by atoms with Crippen molar-refractivity contribution in [3.05, 3.63) is 41.6 Å². The summed E-state index contributed by atoms with van der Waals surface area (Å²) in [6, 6.07) is 10.1. The van der Waals surface area contributed by atoms with E-state index in [1.807, 2.05) is 30.3 Å². The Morgan fingerprint density at radius 1 is 1.28 bits per heavy atom. The second-order valence-electron chi connectivity index (χ2n) is 6.82. The van der Waals surface area contributed by atoms with Crippen molar-refractivity contribution in [3.8, 4) is 0 Å². The van der Waals surface area contributed by atoms with Gasteiger partial charge in [0.25, 0.3) is 5.91 Å². The molecule has 2 unspecified atom stereocenters. The molecule has 4 nitrogen and oxygen atoms in total. The summed E-state index contributed by atoms with van der Waals surface area (Å²) in [5.41, 5.74) is 2.60. The molecule has 1 aromatic carbocycles. The van der Waals surface area contributed by atoms with E-state index in [2.05, 4.69) is 36.4 Å². The van der Waals surface area contributed by atoms with E-state index < -0.39 is 0 Å². The number of pyridine rings is 1. The van der Waals surface area contributed by atoms with Crippen molar-refractivity contribution in [3.63, 3.8) is 0 Å². The number of carbonyl (C=O) groups excluding carboxylic acids is 1. The first-order chi connectivity index (χ1) is 11.1. The molecule has 25 heavy (non-hydrogen) atoms. The van der Waals surface area contributed by atoms with E-state index in [-0.39, 0.29) is 36.8 Å². The van der Waals surface area contributed by atoms with Gasteiger partial charge < -0.3 is 10.6 Å². The summed E-state index contributed by atoms with van der Waals surface area (Å²) in [6.45, 7) is 8.31. The molecule has 1 saturated heterocycles. The first kappa shape index (κ1) is 21.7. The Balaban J connectivity index is 0.00000156. The highest BCUT2D eigenvalue weighted by Crippen LogP contribution is 2.23. The van der Waals surface area contributed by atoms with Gasteiger partial charge in [0.2, 0.25) is 0 Å². The number of nitrogens with zero attached hydrogens (tertiary/aromatic N) is 1. The molecule has 138 valence electrons. The Morgan fingerprint density at radius 3 is 2.68 bits per heavy atom. The van der Waals surface area contributed by atoms with Gasteiger partial charge in [-0.05, 0) is 43.5 Å². The molecule has 6 heteroatoms. The van der Waals surface area contributed by atoms with Gasteiger partial charge in [0.1, 0.15) is 0 Å². The van der Waals surface area contributed by atoms with Gasteiger partial charge in [-0.25, -0.2) is 0 Å². The predicted molar refractivity (Wildman–Crippen MR) is 108 cm³/mol. The van der Waals surface area contributed by atoms with Crippen molar-refractivity contribution in [2.24, 2.45) is 5.92 Å². The highest BCUT2D eigenvalue weighted by atomic mass is 35.5. The Bertz CT molecular complexity index is 721. The molecule has 1 aromatic heterocycles. The van der Waals surface area contributed by atoms with Crippen LogP contribution in [0, 0.1) is 5.92 Å². The molecule has 1 fully saturated rings. The summed E-state index contributed by atoms with van der Waals surface area (Å²) in [4.78, 5) is 17.6. The minimum absolute atomic E-state index is 0. The molecule has 0 saturated carbocycles. The summed E-state index contributed by atoms with van der Waals surface area (Å²) < 4.78 is 0. The smallest absolute Gasteiger partial charge is 0.252 e. The lowest BCUT2D eigenvalue weighted by molar-refractivity contribution is 0.0915. The topological polar surface area (TPSA) is 54.0 Å². The van der Waals surface area contributed by atoms with E-state index in [0.29, 0.717) is 11.8 Å². The molecule has 3 rings (SSSR count). The second-order valence-corrected chi connectivity index (χ2v) is 6.82. The molecule has 2 N–H and O–H groups in total. The van der Waals surface area contributed by atoms with E-state index >= 15 is 0 Å². The quantitative estimate of drug-likeness (QED) is 0.843. The van der Waals surface area contributed by atoms with Crippen LogP contribution in [0.25, 0.3) is 10.9 Å². The van der Waals surface area contributed by atoms with Gasteiger partial charge in [-0.2, -0.15) is 0 Å². The average molecular weight is 384 g/mol. The first-order valence-electron chi connectivity index (χ1n) is 8.47. The third-order valence-electron chi connectivity index (χ3n) is 4.67. The normalized spacial score (nSPS) is 19.8. The van der Waals surface area contributed by atoms with E-state index in [0.717, 1.165) is 41.7 Å². The number of amides is 1. The summed E-state index contributed by atoms with van der Waals surface area (Å²) >= 11 is 0. The third kappa shape index (κ3) is 4.84. The van der Waals surface area contributed by atoms with Crippen LogP contribution >= 0.6 is 24.8 Å². The van der Waals surface area contributed by atoms with Crippen molar-refractivity contribution in [2.45, 2.75) is 39.2 Å². The van der Waals surface area contributed by atoms with Crippen molar-refractivity contribution in [2.75, 3.05) is 13.1 Å². The fourth-order valence-corrected chi connectivity index (χ4v) is 3.15. The van der Waals surface area contributed by atoms with Gasteiger partial charge >= 0.3 is 0 Å². The summed E-state index contributed by atoms with van der Waals surface area (Å²) in [5.74, 6) is 0.763. The monoisotopic (exact) mass is 383 g/mol. The number of para-hydroxylation sites is 1. The number of piperidine rings is 1. The zero-order chi connectivity index (χ0) is 16.4. The summed E-state index contributed by atoms with van der Waals surface area (Å²) in [5, 5.41) is 7.53. The molecule has 2 atom stereocenters. The molecule has 2 heterocycles. The SMILES string of the molecule is CC(C)c1cc(C(=O)NC2CCNCC2C)c2ccccc2n1.Cl.Cl. The predicted octanol–water partition coefficient (Wildman–Crippen LogP) is 3.93. The lowest BCUT2D eigenvalue weighted by Gasteiger charge is -2.30. The molecule has 1 aliphatic rings. The Labute approximate surface area is 162 Å². The molecule has 0 radical (unpaired) electrons. The van der Waals surface area contributed by atoms with Crippen molar-refractivity contribution >= 4 is 41.6 Å². The number of carbonyl (C=O) groups is 1. The van der Waals surface area contributed by atoms with E-state index in [1.165, 1.54) is 0 Å². The molecule has 2 aromatic rings. The van der Waals surface area contributed by atoms with Gasteiger partial charge in [-0.15, -0.1) is 24.8 Å². The van der Waals surface area contributed by atoms with Gasteiger partial charge in [0.15, 0.2) is 0 Å². The van der Waals surface area contributed by atoms with Crippen LogP contribution in [0.5, 0.6) is 0 Å². The molecule has 0 aliphatic carbocycles. The van der Waals surface area contributed by atoms with Crippen LogP contribution < -0.4 is 10.6 Å². The minimum atomic E-state index is 0. The standard InChI is InChI=1S/C19H25N3O.2ClH/c1-12(2)18-10-15(14-6-4-5-7-17(14)21-18)19(23)22-16-8-9-20-11-13(16)3;;/h4-7,10,12-13,16,20H,8-9,11H2,1-3H3,(H,22,23);2*1H. The number of benzene rings is 1. The zero-order valence-electron chi connectivity index (χ0n) is 14.9. The fourth-order valence-electron chi connectivity index (χ4n) is 3.15. The number of halogens is 2. The van der Waals surface area contributed by atoms with Crippen LogP contribution in [0.4, 0.5) is 0 Å². The van der Waals surface area contributed by atoms with Crippen LogP contribution in [-0.4, -0.2) is 30.0 Å². The molecule has 0 bridgehead atoms. The Kier molecular flexibility index (Phi) is 8.13. The van der Waals surface area contributed by atoms with Crippen molar-refractivity contribution in [1.82, 2.24) is 15.6 Å². The Hall–Kier alpha value is -1.36. The number of rotatable bonds is 3. The maximum absolute atomic E-state index is 12.9. The average Bonchev–Trinajstić information content (AvgIpc) is 2.55.